The molecule has 0 spiro atoms. The Labute approximate surface area is 102 Å². The van der Waals surface area contributed by atoms with Crippen molar-refractivity contribution in [2.45, 2.75) is 31.3 Å². The quantitative estimate of drug-likeness (QED) is 0.860. The summed E-state index contributed by atoms with van der Waals surface area (Å²) in [4.78, 5) is 5.96. The van der Waals surface area contributed by atoms with E-state index in [2.05, 4.69) is 11.1 Å². The fourth-order valence-electron chi connectivity index (χ4n) is 2.51. The molecule has 0 unspecified atom stereocenters. The molecule has 1 aliphatic carbocycles. The molecule has 0 bridgehead atoms. The van der Waals surface area contributed by atoms with Crippen LogP contribution in [-0.4, -0.2) is 29.3 Å². The highest BCUT2D eigenvalue weighted by Gasteiger charge is 2.32. The summed E-state index contributed by atoms with van der Waals surface area (Å²) in [7, 11) is 1.90. The smallest absolute Gasteiger partial charge is 0.163 e. The van der Waals surface area contributed by atoms with Crippen LogP contribution in [0.5, 0.6) is 0 Å². The lowest BCUT2D eigenvalue weighted by molar-refractivity contribution is 0.0559. The van der Waals surface area contributed by atoms with Crippen molar-refractivity contribution >= 4 is 5.69 Å². The number of rotatable bonds is 3. The van der Waals surface area contributed by atoms with Crippen molar-refractivity contribution in [3.05, 3.63) is 24.0 Å². The van der Waals surface area contributed by atoms with Gasteiger partial charge in [-0.1, -0.05) is 12.8 Å². The van der Waals surface area contributed by atoms with Crippen LogP contribution in [0.15, 0.2) is 18.3 Å². The SMILES string of the molecule is CN(CC1(O)CCCC1)c1cccnc1C#N. The van der Waals surface area contributed by atoms with Gasteiger partial charge in [-0.15, -0.1) is 0 Å². The number of hydrogen-bond donors (Lipinski definition) is 1. The maximum Gasteiger partial charge on any atom is 0.163 e. The third-order valence-corrected chi connectivity index (χ3v) is 3.37. The molecule has 4 heteroatoms. The van der Waals surface area contributed by atoms with Crippen molar-refractivity contribution in [2.24, 2.45) is 0 Å². The molecule has 2 rings (SSSR count). The van der Waals surface area contributed by atoms with E-state index < -0.39 is 5.60 Å². The van der Waals surface area contributed by atoms with Crippen LogP contribution in [0.25, 0.3) is 0 Å². The van der Waals surface area contributed by atoms with Gasteiger partial charge in [0.05, 0.1) is 11.3 Å². The number of aromatic nitrogens is 1. The largest absolute Gasteiger partial charge is 0.388 e. The Balaban J connectivity index is 2.14. The summed E-state index contributed by atoms with van der Waals surface area (Å²) in [5, 5.41) is 19.3. The number of likely N-dealkylation sites (N-methyl/N-ethyl adjacent to an activating group) is 1. The first-order chi connectivity index (χ1) is 8.14. The number of anilines is 1. The van der Waals surface area contributed by atoms with E-state index in [1.54, 1.807) is 6.20 Å². The van der Waals surface area contributed by atoms with Crippen molar-refractivity contribution in [2.75, 3.05) is 18.5 Å². The second kappa shape index (κ2) is 4.72. The molecule has 0 aliphatic heterocycles. The Morgan fingerprint density at radius 1 is 1.53 bits per heavy atom. The van der Waals surface area contributed by atoms with Gasteiger partial charge < -0.3 is 10.0 Å². The van der Waals surface area contributed by atoms with Gasteiger partial charge in [0.1, 0.15) is 6.07 Å². The van der Waals surface area contributed by atoms with Crippen LogP contribution in [0, 0.1) is 11.3 Å². The zero-order valence-corrected chi connectivity index (χ0v) is 10.1. The zero-order valence-electron chi connectivity index (χ0n) is 10.1. The van der Waals surface area contributed by atoms with Crippen LogP contribution in [0.2, 0.25) is 0 Å². The fourth-order valence-corrected chi connectivity index (χ4v) is 2.51. The van der Waals surface area contributed by atoms with Gasteiger partial charge in [-0.05, 0) is 25.0 Å². The first-order valence-electron chi connectivity index (χ1n) is 5.93. The molecule has 0 saturated heterocycles. The minimum absolute atomic E-state index is 0.414. The highest BCUT2D eigenvalue weighted by Crippen LogP contribution is 2.31. The number of nitriles is 1. The van der Waals surface area contributed by atoms with Crippen LogP contribution in [0.1, 0.15) is 31.4 Å². The lowest BCUT2D eigenvalue weighted by Crippen LogP contribution is -2.39. The molecule has 4 nitrogen and oxygen atoms in total. The monoisotopic (exact) mass is 231 g/mol. The van der Waals surface area contributed by atoms with Gasteiger partial charge in [0.25, 0.3) is 0 Å². The summed E-state index contributed by atoms with van der Waals surface area (Å²) in [6.45, 7) is 0.563. The second-order valence-electron chi connectivity index (χ2n) is 4.77. The van der Waals surface area contributed by atoms with E-state index in [9.17, 15) is 5.11 Å². The third kappa shape index (κ3) is 2.56. The third-order valence-electron chi connectivity index (χ3n) is 3.37. The van der Waals surface area contributed by atoms with Gasteiger partial charge in [-0.25, -0.2) is 4.98 Å². The minimum atomic E-state index is -0.600. The number of hydrogen-bond acceptors (Lipinski definition) is 4. The van der Waals surface area contributed by atoms with Gasteiger partial charge in [0, 0.05) is 19.8 Å². The Hall–Kier alpha value is -1.60. The van der Waals surface area contributed by atoms with E-state index in [1.165, 1.54) is 0 Å². The Morgan fingerprint density at radius 2 is 2.24 bits per heavy atom. The molecule has 0 atom stereocenters. The van der Waals surface area contributed by atoms with Gasteiger partial charge in [0.2, 0.25) is 0 Å². The first-order valence-corrected chi connectivity index (χ1v) is 5.93. The number of nitrogens with zero attached hydrogens (tertiary/aromatic N) is 3. The maximum absolute atomic E-state index is 10.3. The van der Waals surface area contributed by atoms with Crippen LogP contribution < -0.4 is 4.90 Å². The molecule has 1 fully saturated rings. The predicted octanol–water partition coefficient (Wildman–Crippen LogP) is 1.69. The van der Waals surface area contributed by atoms with Crippen LogP contribution in [-0.2, 0) is 0 Å². The summed E-state index contributed by atoms with van der Waals surface area (Å²) in [6, 6.07) is 5.76. The van der Waals surface area contributed by atoms with Gasteiger partial charge in [0.15, 0.2) is 5.69 Å². The van der Waals surface area contributed by atoms with Crippen LogP contribution in [0.3, 0.4) is 0 Å². The molecule has 1 N–H and O–H groups in total. The molecule has 1 saturated carbocycles. The first kappa shape index (κ1) is 11.9. The molecular formula is C13H17N3O. The average molecular weight is 231 g/mol. The Bertz CT molecular complexity index is 433. The standard InChI is InChI=1S/C13H17N3O/c1-16(10-13(17)6-2-3-7-13)12-5-4-8-15-11(12)9-14/h4-5,8,17H,2-3,6-7,10H2,1H3. The van der Waals surface area contributed by atoms with E-state index >= 15 is 0 Å². The predicted molar refractivity (Wildman–Crippen MR) is 65.6 cm³/mol. The molecule has 0 amide bonds. The summed E-state index contributed by atoms with van der Waals surface area (Å²) >= 11 is 0. The number of aliphatic hydroxyl groups is 1. The fraction of sp³-hybridized carbons (Fsp3) is 0.538. The highest BCUT2D eigenvalue weighted by atomic mass is 16.3. The highest BCUT2D eigenvalue weighted by molar-refractivity contribution is 5.55. The lowest BCUT2D eigenvalue weighted by atomic mass is 10.0. The van der Waals surface area contributed by atoms with Gasteiger partial charge >= 0.3 is 0 Å². The van der Waals surface area contributed by atoms with Crippen molar-refractivity contribution < 1.29 is 5.11 Å². The molecule has 1 aromatic rings. The Morgan fingerprint density at radius 3 is 2.88 bits per heavy atom. The maximum atomic E-state index is 10.3. The van der Waals surface area contributed by atoms with E-state index in [1.807, 2.05) is 24.1 Å². The van der Waals surface area contributed by atoms with Crippen LogP contribution >= 0.6 is 0 Å². The molecule has 1 heterocycles. The van der Waals surface area contributed by atoms with Gasteiger partial charge in [-0.3, -0.25) is 0 Å². The van der Waals surface area contributed by atoms with Gasteiger partial charge in [-0.2, -0.15) is 5.26 Å². The van der Waals surface area contributed by atoms with E-state index in [-0.39, 0.29) is 0 Å². The minimum Gasteiger partial charge on any atom is -0.388 e. The second-order valence-corrected chi connectivity index (χ2v) is 4.77. The molecule has 1 aromatic heterocycles. The van der Waals surface area contributed by atoms with Crippen molar-refractivity contribution in [1.29, 1.82) is 5.26 Å². The zero-order chi connectivity index (χ0) is 12.3. The van der Waals surface area contributed by atoms with Crippen LogP contribution in [0.4, 0.5) is 5.69 Å². The van der Waals surface area contributed by atoms with Crippen molar-refractivity contribution in [3.8, 4) is 6.07 Å². The van der Waals surface area contributed by atoms with E-state index in [0.717, 1.165) is 31.4 Å². The van der Waals surface area contributed by atoms with E-state index in [0.29, 0.717) is 12.2 Å². The van der Waals surface area contributed by atoms with Crippen molar-refractivity contribution in [1.82, 2.24) is 4.98 Å². The summed E-state index contributed by atoms with van der Waals surface area (Å²) < 4.78 is 0. The topological polar surface area (TPSA) is 60.1 Å². The summed E-state index contributed by atoms with van der Waals surface area (Å²) in [5.74, 6) is 0. The summed E-state index contributed by atoms with van der Waals surface area (Å²) in [6.07, 6.45) is 5.48. The Kier molecular flexibility index (Phi) is 3.30. The molecule has 90 valence electrons. The van der Waals surface area contributed by atoms with Crippen molar-refractivity contribution in [3.63, 3.8) is 0 Å². The lowest BCUT2D eigenvalue weighted by Gasteiger charge is -2.30. The average Bonchev–Trinajstić information content (AvgIpc) is 2.75. The molecule has 0 aromatic carbocycles. The number of pyridine rings is 1. The van der Waals surface area contributed by atoms with E-state index in [4.69, 9.17) is 5.26 Å². The summed E-state index contributed by atoms with van der Waals surface area (Å²) in [5.41, 5.74) is 0.601. The molecule has 1 aliphatic rings. The normalized spacial score (nSPS) is 17.7. The molecule has 0 radical (unpaired) electrons. The molecular weight excluding hydrogens is 214 g/mol. The molecule has 17 heavy (non-hydrogen) atoms.